The molecule has 1 N–H and O–H groups in total. The maximum absolute atomic E-state index is 5.71. The van der Waals surface area contributed by atoms with Gasteiger partial charge >= 0.3 is 6.01 Å². The summed E-state index contributed by atoms with van der Waals surface area (Å²) in [7, 11) is 1.89. The Morgan fingerprint density at radius 3 is 2.75 bits per heavy atom. The molecule has 150 valence electrons. The Balaban J connectivity index is 1.75. The lowest BCUT2D eigenvalue weighted by atomic mass is 10.1. The van der Waals surface area contributed by atoms with Gasteiger partial charge in [-0.25, -0.2) is 0 Å². The molecule has 7 nitrogen and oxygen atoms in total. The third-order valence-corrected chi connectivity index (χ3v) is 4.70. The van der Waals surface area contributed by atoms with Gasteiger partial charge in [-0.15, -0.1) is 0 Å². The van der Waals surface area contributed by atoms with Gasteiger partial charge in [-0.2, -0.15) is 9.97 Å². The molecule has 1 aliphatic rings. The number of benzene rings is 1. The van der Waals surface area contributed by atoms with E-state index in [1.807, 2.05) is 13.1 Å². The molecule has 1 saturated heterocycles. The van der Waals surface area contributed by atoms with Gasteiger partial charge in [0.1, 0.15) is 12.4 Å². The van der Waals surface area contributed by atoms with Crippen LogP contribution in [0.5, 0.6) is 6.01 Å². The Kier molecular flexibility index (Phi) is 7.33. The molecule has 1 aromatic carbocycles. The Morgan fingerprint density at radius 1 is 1.18 bits per heavy atom. The molecule has 1 aromatic heterocycles. The zero-order valence-corrected chi connectivity index (χ0v) is 16.9. The van der Waals surface area contributed by atoms with Crippen LogP contribution < -0.4 is 15.0 Å². The van der Waals surface area contributed by atoms with E-state index in [9.17, 15) is 0 Å². The van der Waals surface area contributed by atoms with Crippen molar-refractivity contribution in [1.82, 2.24) is 15.3 Å². The molecule has 7 heteroatoms. The Bertz CT molecular complexity index is 803. The third kappa shape index (κ3) is 5.74. The number of anilines is 1. The summed E-state index contributed by atoms with van der Waals surface area (Å²) in [6.45, 7) is 9.14. The first kappa shape index (κ1) is 20.2. The fourth-order valence-electron chi connectivity index (χ4n) is 2.91. The van der Waals surface area contributed by atoms with Crippen molar-refractivity contribution in [3.63, 3.8) is 0 Å². The van der Waals surface area contributed by atoms with E-state index in [1.54, 1.807) is 6.21 Å². The predicted molar refractivity (Wildman–Crippen MR) is 112 cm³/mol. The lowest BCUT2D eigenvalue weighted by molar-refractivity contribution is 0.122. The van der Waals surface area contributed by atoms with Gasteiger partial charge in [-0.1, -0.05) is 18.2 Å². The first-order chi connectivity index (χ1) is 13.7. The number of aryl methyl sites for hydroxylation is 2. The molecule has 2 heterocycles. The number of likely N-dealkylation sites (N-methyl/N-ethyl adjacent to an activating group) is 1. The quantitative estimate of drug-likeness (QED) is 0.556. The van der Waals surface area contributed by atoms with Crippen molar-refractivity contribution in [2.24, 2.45) is 4.99 Å². The maximum Gasteiger partial charge on any atom is 0.319 e. The van der Waals surface area contributed by atoms with Crippen LogP contribution in [0.25, 0.3) is 0 Å². The lowest BCUT2D eigenvalue weighted by Crippen LogP contribution is -2.37. The highest BCUT2D eigenvalue weighted by Gasteiger charge is 2.15. The summed E-state index contributed by atoms with van der Waals surface area (Å²) in [6, 6.07) is 8.77. The van der Waals surface area contributed by atoms with E-state index in [1.165, 1.54) is 16.7 Å². The molecule has 2 aromatic rings. The van der Waals surface area contributed by atoms with E-state index in [0.29, 0.717) is 32.4 Å². The van der Waals surface area contributed by atoms with Crippen molar-refractivity contribution in [3.05, 3.63) is 46.6 Å². The highest BCUT2D eigenvalue weighted by Crippen LogP contribution is 2.17. The fraction of sp³-hybridized carbons (Fsp3) is 0.476. The van der Waals surface area contributed by atoms with E-state index in [2.05, 4.69) is 57.2 Å². The second-order valence-corrected chi connectivity index (χ2v) is 6.87. The van der Waals surface area contributed by atoms with E-state index < -0.39 is 0 Å². The first-order valence-electron chi connectivity index (χ1n) is 9.71. The monoisotopic (exact) mass is 383 g/mol. The Morgan fingerprint density at radius 2 is 2.00 bits per heavy atom. The Hall–Kier alpha value is -2.51. The molecule has 1 aliphatic heterocycles. The molecule has 0 atom stereocenters. The van der Waals surface area contributed by atoms with Crippen LogP contribution in [0.4, 0.5) is 5.82 Å². The standard InChI is InChI=1S/C21H29N5O2/c1-16-4-5-18(12-17(16)2)14-23-15-19-13-20(26-7-10-27-11-8-26)25-21(24-19)28-9-6-22-3/h4-5,12-13,15,22H,6-11,14H2,1-3H3. The maximum atomic E-state index is 5.71. The zero-order valence-electron chi connectivity index (χ0n) is 16.9. The molecule has 0 saturated carbocycles. The number of rotatable bonds is 8. The predicted octanol–water partition coefficient (Wildman–Crippen LogP) is 2.15. The first-order valence-corrected chi connectivity index (χ1v) is 9.71. The minimum atomic E-state index is 0.381. The summed E-state index contributed by atoms with van der Waals surface area (Å²) >= 11 is 0. The minimum Gasteiger partial charge on any atom is -0.462 e. The van der Waals surface area contributed by atoms with E-state index >= 15 is 0 Å². The van der Waals surface area contributed by atoms with Gasteiger partial charge in [0.25, 0.3) is 0 Å². The molecule has 0 amide bonds. The summed E-state index contributed by atoms with van der Waals surface area (Å²) in [5, 5.41) is 3.06. The van der Waals surface area contributed by atoms with Crippen molar-refractivity contribution in [3.8, 4) is 6.01 Å². The smallest absolute Gasteiger partial charge is 0.319 e. The number of aliphatic imine (C=N–C) groups is 1. The highest BCUT2D eigenvalue weighted by atomic mass is 16.5. The molecule has 0 spiro atoms. The van der Waals surface area contributed by atoms with E-state index in [0.717, 1.165) is 31.1 Å². The van der Waals surface area contributed by atoms with Crippen LogP contribution in [0, 0.1) is 13.8 Å². The summed E-state index contributed by atoms with van der Waals surface area (Å²) in [5.74, 6) is 0.852. The molecule has 0 radical (unpaired) electrons. The third-order valence-electron chi connectivity index (χ3n) is 4.70. The van der Waals surface area contributed by atoms with Crippen LogP contribution >= 0.6 is 0 Å². The largest absolute Gasteiger partial charge is 0.462 e. The van der Waals surface area contributed by atoms with Gasteiger partial charge in [0.15, 0.2) is 0 Å². The van der Waals surface area contributed by atoms with Gasteiger partial charge in [-0.3, -0.25) is 4.99 Å². The van der Waals surface area contributed by atoms with Crippen molar-refractivity contribution in [1.29, 1.82) is 0 Å². The van der Waals surface area contributed by atoms with Crippen LogP contribution in [0.15, 0.2) is 29.3 Å². The lowest BCUT2D eigenvalue weighted by Gasteiger charge is -2.28. The van der Waals surface area contributed by atoms with Gasteiger partial charge in [0.2, 0.25) is 0 Å². The number of morpholine rings is 1. The summed E-state index contributed by atoms with van der Waals surface area (Å²) < 4.78 is 11.1. The van der Waals surface area contributed by atoms with Crippen LogP contribution in [-0.2, 0) is 11.3 Å². The number of hydrogen-bond donors (Lipinski definition) is 1. The van der Waals surface area contributed by atoms with Crippen molar-refractivity contribution in [2.75, 3.05) is 51.4 Å². The summed E-state index contributed by atoms with van der Waals surface area (Å²) in [4.78, 5) is 15.8. The Labute approximate surface area is 166 Å². The van der Waals surface area contributed by atoms with Gasteiger partial charge < -0.3 is 19.7 Å². The van der Waals surface area contributed by atoms with Crippen LogP contribution in [0.2, 0.25) is 0 Å². The zero-order chi connectivity index (χ0) is 19.8. The van der Waals surface area contributed by atoms with E-state index in [4.69, 9.17) is 9.47 Å². The number of nitrogens with zero attached hydrogens (tertiary/aromatic N) is 4. The molecule has 0 bridgehead atoms. The SMILES string of the molecule is CNCCOc1nc(C=NCc2ccc(C)c(C)c2)cc(N2CCOCC2)n1. The van der Waals surface area contributed by atoms with Crippen LogP contribution in [0.3, 0.4) is 0 Å². The van der Waals surface area contributed by atoms with Gasteiger partial charge in [-0.05, 0) is 37.6 Å². The second kappa shape index (κ2) is 10.1. The second-order valence-electron chi connectivity index (χ2n) is 6.87. The van der Waals surface area contributed by atoms with Gasteiger partial charge in [0.05, 0.1) is 25.5 Å². The van der Waals surface area contributed by atoms with E-state index in [-0.39, 0.29) is 0 Å². The average molecular weight is 383 g/mol. The van der Waals surface area contributed by atoms with Crippen molar-refractivity contribution < 1.29 is 9.47 Å². The highest BCUT2D eigenvalue weighted by molar-refractivity contribution is 5.78. The number of hydrogen-bond acceptors (Lipinski definition) is 7. The van der Waals surface area contributed by atoms with Gasteiger partial charge in [0, 0.05) is 31.9 Å². The van der Waals surface area contributed by atoms with Crippen LogP contribution in [-0.4, -0.2) is 62.7 Å². The molecule has 1 fully saturated rings. The number of aromatic nitrogens is 2. The number of ether oxygens (including phenoxy) is 2. The molecule has 0 unspecified atom stereocenters. The van der Waals surface area contributed by atoms with Crippen molar-refractivity contribution >= 4 is 12.0 Å². The molecular weight excluding hydrogens is 354 g/mol. The summed E-state index contributed by atoms with van der Waals surface area (Å²) in [5.41, 5.74) is 4.51. The summed E-state index contributed by atoms with van der Waals surface area (Å²) in [6.07, 6.45) is 1.80. The van der Waals surface area contributed by atoms with Crippen LogP contribution in [0.1, 0.15) is 22.4 Å². The minimum absolute atomic E-state index is 0.381. The molecule has 28 heavy (non-hydrogen) atoms. The van der Waals surface area contributed by atoms with Crippen molar-refractivity contribution in [2.45, 2.75) is 20.4 Å². The fourth-order valence-corrected chi connectivity index (χ4v) is 2.91. The number of nitrogens with one attached hydrogen (secondary N) is 1. The molecular formula is C21H29N5O2. The molecule has 3 rings (SSSR count). The average Bonchev–Trinajstić information content (AvgIpc) is 2.71. The normalized spacial score (nSPS) is 14.6. The molecule has 0 aliphatic carbocycles. The topological polar surface area (TPSA) is 71.9 Å².